The minimum atomic E-state index is 0.590. The fourth-order valence-corrected chi connectivity index (χ4v) is 3.09. The van der Waals surface area contributed by atoms with E-state index in [9.17, 15) is 0 Å². The van der Waals surface area contributed by atoms with Crippen LogP contribution in [-0.2, 0) is 0 Å². The zero-order chi connectivity index (χ0) is 12.3. The molecule has 0 spiro atoms. The predicted molar refractivity (Wildman–Crippen MR) is 72.2 cm³/mol. The third-order valence-corrected chi connectivity index (χ3v) is 4.24. The van der Waals surface area contributed by atoms with Crippen molar-refractivity contribution in [3.8, 4) is 0 Å². The lowest BCUT2D eigenvalue weighted by Crippen LogP contribution is -2.21. The van der Waals surface area contributed by atoms with Crippen LogP contribution in [0.2, 0.25) is 0 Å². The van der Waals surface area contributed by atoms with Crippen LogP contribution in [0, 0.1) is 5.92 Å². The maximum absolute atomic E-state index is 4.60. The smallest absolute Gasteiger partial charge is 0.0544 e. The molecular weight excluding hydrogens is 208 g/mol. The van der Waals surface area contributed by atoms with E-state index in [-0.39, 0.29) is 0 Å². The van der Waals surface area contributed by atoms with Crippen molar-refractivity contribution in [3.05, 3.63) is 18.0 Å². The summed E-state index contributed by atoms with van der Waals surface area (Å²) in [6, 6.07) is 0.628. The van der Waals surface area contributed by atoms with E-state index in [0.29, 0.717) is 12.0 Å². The SMILES string of the molecule is CCC(C1CCCCC1)n1cc(C(C)C)cn1. The van der Waals surface area contributed by atoms with E-state index in [1.54, 1.807) is 0 Å². The van der Waals surface area contributed by atoms with Crippen molar-refractivity contribution in [2.75, 3.05) is 0 Å². The van der Waals surface area contributed by atoms with Crippen molar-refractivity contribution in [2.45, 2.75) is 71.3 Å². The molecule has 2 rings (SSSR count). The second-order valence-electron chi connectivity index (χ2n) is 5.78. The van der Waals surface area contributed by atoms with Gasteiger partial charge in [0.05, 0.1) is 12.2 Å². The molecule has 1 saturated carbocycles. The van der Waals surface area contributed by atoms with Crippen LogP contribution in [-0.4, -0.2) is 9.78 Å². The van der Waals surface area contributed by atoms with Gasteiger partial charge in [-0.1, -0.05) is 40.0 Å². The summed E-state index contributed by atoms with van der Waals surface area (Å²) >= 11 is 0. The molecule has 0 aromatic carbocycles. The third-order valence-electron chi connectivity index (χ3n) is 4.24. The van der Waals surface area contributed by atoms with Crippen molar-refractivity contribution in [2.24, 2.45) is 5.92 Å². The van der Waals surface area contributed by atoms with Crippen LogP contribution >= 0.6 is 0 Å². The molecule has 0 bridgehead atoms. The lowest BCUT2D eigenvalue weighted by atomic mass is 9.83. The van der Waals surface area contributed by atoms with Crippen LogP contribution in [0.1, 0.15) is 76.8 Å². The fourth-order valence-electron chi connectivity index (χ4n) is 3.09. The predicted octanol–water partition coefficient (Wildman–Crippen LogP) is 4.54. The maximum atomic E-state index is 4.60. The highest BCUT2D eigenvalue weighted by molar-refractivity contribution is 5.09. The number of hydrogen-bond acceptors (Lipinski definition) is 1. The van der Waals surface area contributed by atoms with Gasteiger partial charge in [0.1, 0.15) is 0 Å². The minimum Gasteiger partial charge on any atom is -0.269 e. The summed E-state index contributed by atoms with van der Waals surface area (Å²) in [5.41, 5.74) is 1.37. The lowest BCUT2D eigenvalue weighted by Gasteiger charge is -2.29. The highest BCUT2D eigenvalue weighted by atomic mass is 15.3. The Kier molecular flexibility index (Phi) is 4.25. The second-order valence-corrected chi connectivity index (χ2v) is 5.78. The van der Waals surface area contributed by atoms with Crippen LogP contribution in [0.25, 0.3) is 0 Å². The molecule has 1 aromatic heterocycles. The zero-order valence-electron chi connectivity index (χ0n) is 11.5. The lowest BCUT2D eigenvalue weighted by molar-refractivity contribution is 0.229. The Morgan fingerprint density at radius 3 is 2.53 bits per heavy atom. The Morgan fingerprint density at radius 2 is 2.00 bits per heavy atom. The van der Waals surface area contributed by atoms with E-state index >= 15 is 0 Å². The molecule has 1 heterocycles. The van der Waals surface area contributed by atoms with E-state index < -0.39 is 0 Å². The molecule has 1 unspecified atom stereocenters. The van der Waals surface area contributed by atoms with Crippen LogP contribution in [0.4, 0.5) is 0 Å². The van der Waals surface area contributed by atoms with E-state index in [2.05, 4.69) is 42.9 Å². The summed E-state index contributed by atoms with van der Waals surface area (Å²) in [6.07, 6.45) is 12.6. The number of rotatable bonds is 4. The maximum Gasteiger partial charge on any atom is 0.0544 e. The molecule has 96 valence electrons. The first kappa shape index (κ1) is 12.7. The molecule has 1 aliphatic rings. The third kappa shape index (κ3) is 2.91. The molecule has 2 nitrogen and oxygen atoms in total. The molecule has 1 fully saturated rings. The molecule has 0 aliphatic heterocycles. The highest BCUT2D eigenvalue weighted by Gasteiger charge is 2.24. The molecule has 0 saturated heterocycles. The van der Waals surface area contributed by atoms with Gasteiger partial charge < -0.3 is 0 Å². The van der Waals surface area contributed by atoms with Crippen LogP contribution < -0.4 is 0 Å². The Labute approximate surface area is 105 Å². The summed E-state index contributed by atoms with van der Waals surface area (Å²) in [5.74, 6) is 1.45. The van der Waals surface area contributed by atoms with E-state index in [4.69, 9.17) is 0 Å². The molecule has 1 atom stereocenters. The molecule has 0 radical (unpaired) electrons. The average Bonchev–Trinajstić information content (AvgIpc) is 2.81. The van der Waals surface area contributed by atoms with Gasteiger partial charge >= 0.3 is 0 Å². The first-order valence-corrected chi connectivity index (χ1v) is 7.26. The van der Waals surface area contributed by atoms with Crippen molar-refractivity contribution in [1.82, 2.24) is 9.78 Å². The minimum absolute atomic E-state index is 0.590. The van der Waals surface area contributed by atoms with Gasteiger partial charge in [0.15, 0.2) is 0 Å². The zero-order valence-corrected chi connectivity index (χ0v) is 11.5. The van der Waals surface area contributed by atoms with Crippen LogP contribution in [0.5, 0.6) is 0 Å². The summed E-state index contributed by atoms with van der Waals surface area (Å²) < 4.78 is 2.24. The Hall–Kier alpha value is -0.790. The van der Waals surface area contributed by atoms with E-state index in [1.807, 2.05) is 0 Å². The van der Waals surface area contributed by atoms with Crippen molar-refractivity contribution in [1.29, 1.82) is 0 Å². The number of hydrogen-bond donors (Lipinski definition) is 0. The van der Waals surface area contributed by atoms with Gasteiger partial charge in [-0.05, 0) is 36.7 Å². The topological polar surface area (TPSA) is 17.8 Å². The van der Waals surface area contributed by atoms with Crippen LogP contribution in [0.3, 0.4) is 0 Å². The van der Waals surface area contributed by atoms with E-state index in [0.717, 1.165) is 5.92 Å². The first-order valence-electron chi connectivity index (χ1n) is 7.26. The first-order chi connectivity index (χ1) is 8.22. The molecule has 0 N–H and O–H groups in total. The van der Waals surface area contributed by atoms with Crippen molar-refractivity contribution >= 4 is 0 Å². The molecule has 1 aromatic rings. The molecular formula is C15H26N2. The largest absolute Gasteiger partial charge is 0.269 e. The monoisotopic (exact) mass is 234 g/mol. The fraction of sp³-hybridized carbons (Fsp3) is 0.800. The van der Waals surface area contributed by atoms with Crippen molar-refractivity contribution < 1.29 is 0 Å². The Morgan fingerprint density at radius 1 is 1.29 bits per heavy atom. The van der Waals surface area contributed by atoms with Gasteiger partial charge in [-0.15, -0.1) is 0 Å². The van der Waals surface area contributed by atoms with Gasteiger partial charge in [0.2, 0.25) is 0 Å². The molecule has 1 aliphatic carbocycles. The Balaban J connectivity index is 2.10. The normalized spacial score (nSPS) is 19.8. The van der Waals surface area contributed by atoms with Gasteiger partial charge in [0.25, 0.3) is 0 Å². The summed E-state index contributed by atoms with van der Waals surface area (Å²) in [5, 5.41) is 4.60. The van der Waals surface area contributed by atoms with Crippen molar-refractivity contribution in [3.63, 3.8) is 0 Å². The standard InChI is InChI=1S/C15H26N2/c1-4-15(13-8-6-5-7-9-13)17-11-14(10-16-17)12(2)3/h10-13,15H,4-9H2,1-3H3. The number of nitrogens with zero attached hydrogens (tertiary/aromatic N) is 2. The molecule has 0 amide bonds. The quantitative estimate of drug-likeness (QED) is 0.748. The van der Waals surface area contributed by atoms with Crippen LogP contribution in [0.15, 0.2) is 12.4 Å². The summed E-state index contributed by atoms with van der Waals surface area (Å²) in [7, 11) is 0. The highest BCUT2D eigenvalue weighted by Crippen LogP contribution is 2.34. The van der Waals surface area contributed by atoms with Gasteiger partial charge in [-0.2, -0.15) is 5.10 Å². The molecule has 17 heavy (non-hydrogen) atoms. The number of aromatic nitrogens is 2. The van der Waals surface area contributed by atoms with Gasteiger partial charge in [-0.25, -0.2) is 0 Å². The summed E-state index contributed by atoms with van der Waals surface area (Å²) in [4.78, 5) is 0. The Bertz CT molecular complexity index is 334. The second kappa shape index (κ2) is 5.70. The summed E-state index contributed by atoms with van der Waals surface area (Å²) in [6.45, 7) is 6.78. The molecule has 2 heteroatoms. The average molecular weight is 234 g/mol. The van der Waals surface area contributed by atoms with Gasteiger partial charge in [0, 0.05) is 6.20 Å². The van der Waals surface area contributed by atoms with Gasteiger partial charge in [-0.3, -0.25) is 4.68 Å². The van der Waals surface area contributed by atoms with E-state index in [1.165, 1.54) is 44.1 Å².